The van der Waals surface area contributed by atoms with Gasteiger partial charge in [0.1, 0.15) is 5.75 Å². The summed E-state index contributed by atoms with van der Waals surface area (Å²) in [7, 11) is 1.69. The Labute approximate surface area is 139 Å². The Morgan fingerprint density at radius 1 is 0.870 bits per heavy atom. The van der Waals surface area contributed by atoms with Crippen molar-refractivity contribution in [3.05, 3.63) is 42.0 Å². The summed E-state index contributed by atoms with van der Waals surface area (Å²) in [6.07, 6.45) is 1.80. The average Bonchev–Trinajstić information content (AvgIpc) is 2.60. The molecule has 1 atom stereocenters. The Bertz CT molecular complexity index is 601. The molecule has 0 saturated heterocycles. The summed E-state index contributed by atoms with van der Waals surface area (Å²) in [5, 5.41) is 2.39. The van der Waals surface area contributed by atoms with Gasteiger partial charge in [0.2, 0.25) is 0 Å². The standard InChI is InChI=1S/C20H28O3/c1-5-11-22-20(23-12-6-2)15(3)16-7-8-18-14-19(21-4)10-9-17(18)13-16/h7-10,13-15,20H,5-6,11-12H2,1-4H3. The lowest BCUT2D eigenvalue weighted by atomic mass is 9.97. The van der Waals surface area contributed by atoms with Crippen molar-refractivity contribution < 1.29 is 14.2 Å². The molecule has 0 aromatic heterocycles. The molecule has 0 saturated carbocycles. The van der Waals surface area contributed by atoms with Crippen molar-refractivity contribution in [3.8, 4) is 5.75 Å². The fourth-order valence-electron chi connectivity index (χ4n) is 2.61. The minimum absolute atomic E-state index is 0.189. The SMILES string of the molecule is CCCOC(OCCC)C(C)c1ccc2cc(OC)ccc2c1. The van der Waals surface area contributed by atoms with E-state index in [1.807, 2.05) is 6.07 Å². The Morgan fingerprint density at radius 2 is 1.48 bits per heavy atom. The first kappa shape index (κ1) is 17.8. The number of methoxy groups -OCH3 is 1. The Balaban J connectivity index is 2.21. The molecule has 0 N–H and O–H groups in total. The van der Waals surface area contributed by atoms with Gasteiger partial charge in [-0.25, -0.2) is 0 Å². The van der Waals surface area contributed by atoms with Gasteiger partial charge < -0.3 is 14.2 Å². The molecule has 1 unspecified atom stereocenters. The van der Waals surface area contributed by atoms with Crippen LogP contribution >= 0.6 is 0 Å². The highest BCUT2D eigenvalue weighted by Crippen LogP contribution is 2.28. The quantitative estimate of drug-likeness (QED) is 0.600. The third-order valence-electron chi connectivity index (χ3n) is 3.98. The summed E-state index contributed by atoms with van der Waals surface area (Å²) >= 11 is 0. The predicted molar refractivity (Wildman–Crippen MR) is 95.2 cm³/mol. The molecule has 2 aromatic carbocycles. The number of rotatable bonds is 9. The van der Waals surface area contributed by atoms with Crippen molar-refractivity contribution in [2.24, 2.45) is 0 Å². The minimum atomic E-state index is -0.189. The average molecular weight is 316 g/mol. The Hall–Kier alpha value is -1.58. The van der Waals surface area contributed by atoms with Crippen molar-refractivity contribution >= 4 is 10.8 Å². The van der Waals surface area contributed by atoms with Crippen molar-refractivity contribution in [2.45, 2.75) is 45.8 Å². The van der Waals surface area contributed by atoms with E-state index in [0.717, 1.165) is 31.8 Å². The largest absolute Gasteiger partial charge is 0.497 e. The van der Waals surface area contributed by atoms with Crippen LogP contribution in [0.2, 0.25) is 0 Å². The number of ether oxygens (including phenoxy) is 3. The number of fused-ring (bicyclic) bond motifs is 1. The molecule has 0 radical (unpaired) electrons. The molecule has 0 heterocycles. The van der Waals surface area contributed by atoms with Gasteiger partial charge in [0.15, 0.2) is 6.29 Å². The van der Waals surface area contributed by atoms with E-state index >= 15 is 0 Å². The topological polar surface area (TPSA) is 27.7 Å². The highest BCUT2D eigenvalue weighted by Gasteiger charge is 2.20. The van der Waals surface area contributed by atoms with E-state index < -0.39 is 0 Å². The molecule has 0 fully saturated rings. The van der Waals surface area contributed by atoms with Gasteiger partial charge in [-0.2, -0.15) is 0 Å². The van der Waals surface area contributed by atoms with Gasteiger partial charge in [-0.1, -0.05) is 45.0 Å². The lowest BCUT2D eigenvalue weighted by Gasteiger charge is -2.25. The molecule has 0 spiro atoms. The summed E-state index contributed by atoms with van der Waals surface area (Å²) in [6, 6.07) is 12.7. The first-order valence-corrected chi connectivity index (χ1v) is 8.50. The van der Waals surface area contributed by atoms with Crippen LogP contribution in [0.1, 0.15) is 45.1 Å². The first-order valence-electron chi connectivity index (χ1n) is 8.50. The molecule has 2 rings (SSSR count). The van der Waals surface area contributed by atoms with Crippen LogP contribution in [-0.4, -0.2) is 26.6 Å². The molecular weight excluding hydrogens is 288 g/mol. The van der Waals surface area contributed by atoms with Crippen molar-refractivity contribution in [2.75, 3.05) is 20.3 Å². The van der Waals surface area contributed by atoms with Crippen LogP contribution in [0, 0.1) is 0 Å². The monoisotopic (exact) mass is 316 g/mol. The predicted octanol–water partition coefficient (Wildman–Crippen LogP) is 5.13. The number of hydrogen-bond donors (Lipinski definition) is 0. The van der Waals surface area contributed by atoms with Gasteiger partial charge >= 0.3 is 0 Å². The van der Waals surface area contributed by atoms with Crippen LogP contribution in [0.4, 0.5) is 0 Å². The normalized spacial score (nSPS) is 12.7. The molecule has 126 valence electrons. The second kappa shape index (κ2) is 8.90. The molecule has 0 aliphatic heterocycles. The molecule has 0 amide bonds. The van der Waals surface area contributed by atoms with E-state index in [1.54, 1.807) is 7.11 Å². The second-order valence-corrected chi connectivity index (χ2v) is 5.87. The van der Waals surface area contributed by atoms with Crippen LogP contribution in [0.3, 0.4) is 0 Å². The maximum absolute atomic E-state index is 5.92. The van der Waals surface area contributed by atoms with Crippen molar-refractivity contribution in [3.63, 3.8) is 0 Å². The highest BCUT2D eigenvalue weighted by molar-refractivity contribution is 5.84. The van der Waals surface area contributed by atoms with E-state index in [1.165, 1.54) is 16.3 Å². The summed E-state index contributed by atoms with van der Waals surface area (Å²) in [6.45, 7) is 7.85. The fraction of sp³-hybridized carbons (Fsp3) is 0.500. The van der Waals surface area contributed by atoms with Gasteiger partial charge in [0, 0.05) is 19.1 Å². The van der Waals surface area contributed by atoms with Gasteiger partial charge in [-0.3, -0.25) is 0 Å². The lowest BCUT2D eigenvalue weighted by Crippen LogP contribution is -2.25. The summed E-state index contributed by atoms with van der Waals surface area (Å²) in [5.74, 6) is 1.08. The van der Waals surface area contributed by atoms with E-state index in [-0.39, 0.29) is 12.2 Å². The minimum Gasteiger partial charge on any atom is -0.497 e. The van der Waals surface area contributed by atoms with Gasteiger partial charge in [0.05, 0.1) is 7.11 Å². The molecule has 3 heteroatoms. The van der Waals surface area contributed by atoms with Gasteiger partial charge in [0.25, 0.3) is 0 Å². The summed E-state index contributed by atoms with van der Waals surface area (Å²) in [5.41, 5.74) is 1.24. The number of hydrogen-bond acceptors (Lipinski definition) is 3. The Morgan fingerprint density at radius 3 is 2.09 bits per heavy atom. The third-order valence-corrected chi connectivity index (χ3v) is 3.98. The first-order chi connectivity index (χ1) is 11.2. The van der Waals surface area contributed by atoms with Crippen molar-refractivity contribution in [1.29, 1.82) is 0 Å². The number of benzene rings is 2. The molecule has 0 aliphatic rings. The maximum Gasteiger partial charge on any atom is 0.164 e. The van der Waals surface area contributed by atoms with E-state index in [9.17, 15) is 0 Å². The van der Waals surface area contributed by atoms with Crippen LogP contribution in [-0.2, 0) is 9.47 Å². The molecular formula is C20H28O3. The molecule has 3 nitrogen and oxygen atoms in total. The van der Waals surface area contributed by atoms with Crippen LogP contribution in [0.15, 0.2) is 36.4 Å². The lowest BCUT2D eigenvalue weighted by molar-refractivity contribution is -0.153. The van der Waals surface area contributed by atoms with Crippen LogP contribution in [0.25, 0.3) is 10.8 Å². The summed E-state index contributed by atoms with van der Waals surface area (Å²) in [4.78, 5) is 0. The highest BCUT2D eigenvalue weighted by atomic mass is 16.7. The van der Waals surface area contributed by atoms with E-state index in [0.29, 0.717) is 0 Å². The summed E-state index contributed by atoms with van der Waals surface area (Å²) < 4.78 is 17.1. The zero-order valence-corrected chi connectivity index (χ0v) is 14.7. The second-order valence-electron chi connectivity index (χ2n) is 5.87. The molecule has 0 bridgehead atoms. The van der Waals surface area contributed by atoms with E-state index in [4.69, 9.17) is 14.2 Å². The maximum atomic E-state index is 5.92. The third kappa shape index (κ3) is 4.69. The van der Waals surface area contributed by atoms with Crippen molar-refractivity contribution in [1.82, 2.24) is 0 Å². The van der Waals surface area contributed by atoms with E-state index in [2.05, 4.69) is 51.1 Å². The molecule has 2 aromatic rings. The van der Waals surface area contributed by atoms with Gasteiger partial charge in [-0.15, -0.1) is 0 Å². The fourth-order valence-corrected chi connectivity index (χ4v) is 2.61. The molecule has 23 heavy (non-hydrogen) atoms. The molecule has 0 aliphatic carbocycles. The van der Waals surface area contributed by atoms with Gasteiger partial charge in [-0.05, 0) is 41.3 Å². The van der Waals surface area contributed by atoms with Crippen LogP contribution in [0.5, 0.6) is 5.75 Å². The smallest absolute Gasteiger partial charge is 0.164 e. The van der Waals surface area contributed by atoms with Crippen LogP contribution < -0.4 is 4.74 Å². The Kier molecular flexibility index (Phi) is 6.87. The zero-order chi connectivity index (χ0) is 16.7. The zero-order valence-electron chi connectivity index (χ0n) is 14.7.